The van der Waals surface area contributed by atoms with Gasteiger partial charge in [-0.15, -0.1) is 0 Å². The molecule has 1 saturated heterocycles. The van der Waals surface area contributed by atoms with Gasteiger partial charge in [-0.2, -0.15) is 0 Å². The number of methoxy groups -OCH3 is 2. The van der Waals surface area contributed by atoms with E-state index in [0.717, 1.165) is 43.0 Å². The topological polar surface area (TPSA) is 114 Å². The second-order valence-corrected chi connectivity index (χ2v) is 10.1. The molecule has 5 rings (SSSR count). The number of anilines is 1. The van der Waals surface area contributed by atoms with E-state index in [1.807, 2.05) is 48.5 Å². The summed E-state index contributed by atoms with van der Waals surface area (Å²) in [4.78, 5) is 43.2. The van der Waals surface area contributed by atoms with Crippen LogP contribution in [0.1, 0.15) is 29.4 Å². The highest BCUT2D eigenvalue weighted by Crippen LogP contribution is 2.33. The molecule has 2 aromatic carbocycles. The van der Waals surface area contributed by atoms with Gasteiger partial charge in [0, 0.05) is 50.5 Å². The van der Waals surface area contributed by atoms with Crippen molar-refractivity contribution in [1.82, 2.24) is 9.47 Å². The highest BCUT2D eigenvalue weighted by Gasteiger charge is 2.30. The fraction of sp³-hybridized carbons (Fsp3) is 0.323. The van der Waals surface area contributed by atoms with Gasteiger partial charge in [-0.05, 0) is 41.8 Å². The summed E-state index contributed by atoms with van der Waals surface area (Å²) in [6.45, 7) is 3.34. The van der Waals surface area contributed by atoms with Crippen LogP contribution in [-0.2, 0) is 23.1 Å². The predicted octanol–water partition coefficient (Wildman–Crippen LogP) is 3.22. The Morgan fingerprint density at radius 1 is 1.00 bits per heavy atom. The molecule has 10 nitrogen and oxygen atoms in total. The number of rotatable bonds is 8. The van der Waals surface area contributed by atoms with Crippen LogP contribution in [0, 0.1) is 0 Å². The second-order valence-electron chi connectivity index (χ2n) is 10.1. The normalized spacial score (nSPS) is 14.7. The third kappa shape index (κ3) is 5.83. The Hall–Kier alpha value is -4.57. The largest absolute Gasteiger partial charge is 0.502 e. The number of esters is 1. The van der Waals surface area contributed by atoms with Gasteiger partial charge in [0.15, 0.2) is 5.76 Å². The number of nitrogens with zero attached hydrogens (tertiary/aromatic N) is 3. The van der Waals surface area contributed by atoms with Crippen molar-refractivity contribution in [2.24, 2.45) is 7.05 Å². The molecule has 0 spiro atoms. The number of para-hydroxylation sites is 1. The quantitative estimate of drug-likeness (QED) is 0.325. The van der Waals surface area contributed by atoms with Crippen molar-refractivity contribution >= 4 is 22.6 Å². The SMILES string of the molecule is COC(=O)CC(c1oc(CN2CCN(c3ccc(OC)cc3)CC2)cc(=O)c1O)c1cc2ccccc2n(C)c1=O. The smallest absolute Gasteiger partial charge is 0.306 e. The molecular weight excluding hydrogens is 526 g/mol. The van der Waals surface area contributed by atoms with E-state index >= 15 is 0 Å². The van der Waals surface area contributed by atoms with Crippen molar-refractivity contribution in [3.63, 3.8) is 0 Å². The molecule has 1 aliphatic rings. The zero-order valence-electron chi connectivity index (χ0n) is 23.3. The monoisotopic (exact) mass is 559 g/mol. The summed E-state index contributed by atoms with van der Waals surface area (Å²) in [6, 6.07) is 18.2. The Morgan fingerprint density at radius 2 is 1.71 bits per heavy atom. The molecule has 0 radical (unpaired) electrons. The Bertz CT molecular complexity index is 1670. The number of aryl methyl sites for hydroxylation is 1. The van der Waals surface area contributed by atoms with E-state index < -0.39 is 23.1 Å². The van der Waals surface area contributed by atoms with Crippen LogP contribution in [0.25, 0.3) is 10.9 Å². The maximum atomic E-state index is 13.4. The lowest BCUT2D eigenvalue weighted by Gasteiger charge is -2.36. The fourth-order valence-corrected chi connectivity index (χ4v) is 5.34. The first-order valence-electron chi connectivity index (χ1n) is 13.4. The van der Waals surface area contributed by atoms with Gasteiger partial charge in [0.25, 0.3) is 5.56 Å². The predicted molar refractivity (Wildman–Crippen MR) is 155 cm³/mol. The summed E-state index contributed by atoms with van der Waals surface area (Å²) in [6.07, 6.45) is -0.287. The Kier molecular flexibility index (Phi) is 8.11. The Balaban J connectivity index is 1.43. The number of ether oxygens (including phenoxy) is 2. The molecule has 1 N–H and O–H groups in total. The number of aromatic hydroxyl groups is 1. The highest BCUT2D eigenvalue weighted by atomic mass is 16.5. The number of pyridine rings is 1. The molecule has 1 aliphatic heterocycles. The first-order valence-corrected chi connectivity index (χ1v) is 13.4. The van der Waals surface area contributed by atoms with Crippen molar-refractivity contribution in [2.45, 2.75) is 18.9 Å². The van der Waals surface area contributed by atoms with Crippen LogP contribution < -0.4 is 20.6 Å². The third-order valence-electron chi connectivity index (χ3n) is 7.64. The van der Waals surface area contributed by atoms with E-state index in [0.29, 0.717) is 17.8 Å². The molecule has 41 heavy (non-hydrogen) atoms. The molecular formula is C31H33N3O7. The minimum absolute atomic E-state index is 0.123. The summed E-state index contributed by atoms with van der Waals surface area (Å²) >= 11 is 0. The van der Waals surface area contributed by atoms with Gasteiger partial charge >= 0.3 is 5.97 Å². The zero-order chi connectivity index (χ0) is 29.1. The molecule has 10 heteroatoms. The van der Waals surface area contributed by atoms with Gasteiger partial charge in [-0.25, -0.2) is 0 Å². The summed E-state index contributed by atoms with van der Waals surface area (Å²) in [7, 11) is 4.53. The lowest BCUT2D eigenvalue weighted by Crippen LogP contribution is -2.46. The third-order valence-corrected chi connectivity index (χ3v) is 7.64. The molecule has 214 valence electrons. The lowest BCUT2D eigenvalue weighted by molar-refractivity contribution is -0.140. The summed E-state index contributed by atoms with van der Waals surface area (Å²) in [5, 5.41) is 11.6. The Morgan fingerprint density at radius 3 is 2.39 bits per heavy atom. The van der Waals surface area contributed by atoms with Crippen LogP contribution in [-0.4, -0.2) is 60.9 Å². The molecule has 1 unspecified atom stereocenters. The zero-order valence-corrected chi connectivity index (χ0v) is 23.3. The number of benzene rings is 2. The van der Waals surface area contributed by atoms with Crippen molar-refractivity contribution in [2.75, 3.05) is 45.3 Å². The molecule has 4 aromatic rings. The first kappa shape index (κ1) is 28.0. The molecule has 3 heterocycles. The van der Waals surface area contributed by atoms with E-state index in [2.05, 4.69) is 9.80 Å². The van der Waals surface area contributed by atoms with E-state index in [-0.39, 0.29) is 23.3 Å². The average molecular weight is 560 g/mol. The van der Waals surface area contributed by atoms with Gasteiger partial charge in [0.05, 0.1) is 38.6 Å². The number of hydrogen-bond acceptors (Lipinski definition) is 9. The maximum Gasteiger partial charge on any atom is 0.306 e. The minimum atomic E-state index is -1.02. The van der Waals surface area contributed by atoms with Crippen LogP contribution >= 0.6 is 0 Å². The number of carbonyl (C=O) groups excluding carboxylic acids is 1. The van der Waals surface area contributed by atoms with Gasteiger partial charge in [-0.3, -0.25) is 19.3 Å². The first-order chi connectivity index (χ1) is 19.8. The molecule has 2 aromatic heterocycles. The fourth-order valence-electron chi connectivity index (χ4n) is 5.34. The van der Waals surface area contributed by atoms with Crippen molar-refractivity contribution < 1.29 is 23.8 Å². The van der Waals surface area contributed by atoms with Gasteiger partial charge in [0.1, 0.15) is 11.5 Å². The molecule has 1 atom stereocenters. The minimum Gasteiger partial charge on any atom is -0.502 e. The summed E-state index contributed by atoms with van der Waals surface area (Å²) in [5.74, 6) is -1.23. The number of aromatic nitrogens is 1. The van der Waals surface area contributed by atoms with Gasteiger partial charge in [0.2, 0.25) is 11.2 Å². The van der Waals surface area contributed by atoms with E-state index in [4.69, 9.17) is 13.9 Å². The van der Waals surface area contributed by atoms with E-state index in [1.165, 1.54) is 17.7 Å². The van der Waals surface area contributed by atoms with Gasteiger partial charge in [-0.1, -0.05) is 18.2 Å². The molecule has 0 saturated carbocycles. The average Bonchev–Trinajstić information content (AvgIpc) is 3.00. The highest BCUT2D eigenvalue weighted by molar-refractivity contribution is 5.80. The summed E-state index contributed by atoms with van der Waals surface area (Å²) in [5.41, 5.74) is 1.04. The van der Waals surface area contributed by atoms with Crippen LogP contribution in [0.15, 0.2) is 74.7 Å². The van der Waals surface area contributed by atoms with Crippen LogP contribution in [0.3, 0.4) is 0 Å². The number of piperazine rings is 1. The standard InChI is InChI=1S/C31H33N3O7/c1-32-26-7-5-4-6-20(26)16-25(31(32)38)24(18-28(36)40-3)30-29(37)27(35)17-23(41-30)19-33-12-14-34(15-13-33)21-8-10-22(39-2)11-9-21/h4-11,16-17,24,37H,12-15,18-19H2,1-3H3. The Labute approximate surface area is 236 Å². The second kappa shape index (κ2) is 11.9. The molecule has 0 amide bonds. The van der Waals surface area contributed by atoms with E-state index in [9.17, 15) is 19.5 Å². The molecule has 0 aliphatic carbocycles. The van der Waals surface area contributed by atoms with Crippen molar-refractivity contribution in [3.8, 4) is 11.5 Å². The van der Waals surface area contributed by atoms with Crippen LogP contribution in [0.5, 0.6) is 11.5 Å². The van der Waals surface area contributed by atoms with Crippen LogP contribution in [0.4, 0.5) is 5.69 Å². The molecule has 0 bridgehead atoms. The number of hydrogen-bond donors (Lipinski definition) is 1. The van der Waals surface area contributed by atoms with E-state index in [1.54, 1.807) is 20.2 Å². The van der Waals surface area contributed by atoms with Crippen molar-refractivity contribution in [1.29, 1.82) is 0 Å². The lowest BCUT2D eigenvalue weighted by atomic mass is 9.92. The number of fused-ring (bicyclic) bond motifs is 1. The van der Waals surface area contributed by atoms with Crippen molar-refractivity contribution in [3.05, 3.63) is 98.3 Å². The maximum absolute atomic E-state index is 13.4. The molecule has 1 fully saturated rings. The number of carbonyl (C=O) groups is 1. The van der Waals surface area contributed by atoms with Gasteiger partial charge < -0.3 is 28.5 Å². The van der Waals surface area contributed by atoms with Crippen LogP contribution in [0.2, 0.25) is 0 Å². The summed E-state index contributed by atoms with van der Waals surface area (Å²) < 4.78 is 17.7.